The summed E-state index contributed by atoms with van der Waals surface area (Å²) in [6.07, 6.45) is 1.27. The number of nitrogens with one attached hydrogen (secondary N) is 1. The van der Waals surface area contributed by atoms with E-state index < -0.39 is 6.10 Å². The molecular weight excluding hydrogens is 390 g/mol. The molecule has 0 spiro atoms. The Kier molecular flexibility index (Phi) is 7.49. The summed E-state index contributed by atoms with van der Waals surface area (Å²) in [4.78, 5) is 18.1. The summed E-state index contributed by atoms with van der Waals surface area (Å²) in [5, 5.41) is 3.33. The average Bonchev–Trinajstić information content (AvgIpc) is 2.79. The third-order valence-electron chi connectivity index (χ3n) is 4.74. The lowest BCUT2D eigenvalue weighted by atomic mass is 10.1. The van der Waals surface area contributed by atoms with E-state index in [1.165, 1.54) is 4.90 Å². The van der Waals surface area contributed by atoms with E-state index in [-0.39, 0.29) is 5.91 Å². The Labute approximate surface area is 183 Å². The Morgan fingerprint density at radius 1 is 1.03 bits per heavy atom. The Balaban J connectivity index is 1.66. The molecule has 2 aromatic carbocycles. The van der Waals surface area contributed by atoms with Crippen molar-refractivity contribution in [1.29, 1.82) is 0 Å². The van der Waals surface area contributed by atoms with E-state index in [1.54, 1.807) is 21.0 Å². The predicted molar refractivity (Wildman–Crippen MR) is 123 cm³/mol. The Morgan fingerprint density at radius 3 is 2.45 bits per heavy atom. The first kappa shape index (κ1) is 22.2. The van der Waals surface area contributed by atoms with Crippen LogP contribution in [0.5, 0.6) is 11.5 Å². The molecule has 1 atom stereocenters. The predicted octanol–water partition coefficient (Wildman–Crippen LogP) is 4.61. The molecule has 1 heterocycles. The topological polar surface area (TPSA) is 63.7 Å². The molecular formula is C25H29N3O3. The highest BCUT2D eigenvalue weighted by Crippen LogP contribution is 2.30. The van der Waals surface area contributed by atoms with Gasteiger partial charge >= 0.3 is 0 Å². The molecule has 31 heavy (non-hydrogen) atoms. The van der Waals surface area contributed by atoms with Gasteiger partial charge in [0.15, 0.2) is 17.6 Å². The van der Waals surface area contributed by atoms with E-state index in [4.69, 9.17) is 9.47 Å². The smallest absolute Gasteiger partial charge is 0.262 e. The van der Waals surface area contributed by atoms with Crippen molar-refractivity contribution in [1.82, 2.24) is 9.88 Å². The van der Waals surface area contributed by atoms with E-state index >= 15 is 0 Å². The molecule has 6 heteroatoms. The van der Waals surface area contributed by atoms with E-state index in [9.17, 15) is 4.79 Å². The summed E-state index contributed by atoms with van der Waals surface area (Å²) in [7, 11) is 3.42. The van der Waals surface area contributed by atoms with Crippen LogP contribution >= 0.6 is 0 Å². The van der Waals surface area contributed by atoms with E-state index in [1.807, 2.05) is 55.6 Å². The number of likely N-dealkylation sites (N-methyl/N-ethyl adjacent to an activating group) is 1. The van der Waals surface area contributed by atoms with Crippen molar-refractivity contribution >= 4 is 11.7 Å². The van der Waals surface area contributed by atoms with Crippen molar-refractivity contribution in [2.75, 3.05) is 26.0 Å². The molecule has 1 amide bonds. The van der Waals surface area contributed by atoms with Crippen LogP contribution in [0.25, 0.3) is 11.1 Å². The summed E-state index contributed by atoms with van der Waals surface area (Å²) in [6, 6.07) is 19.9. The first-order valence-electron chi connectivity index (χ1n) is 10.4. The third kappa shape index (κ3) is 5.98. The van der Waals surface area contributed by atoms with Crippen LogP contribution < -0.4 is 14.8 Å². The fourth-order valence-electron chi connectivity index (χ4n) is 3.12. The van der Waals surface area contributed by atoms with E-state index in [0.717, 1.165) is 22.5 Å². The lowest BCUT2D eigenvalue weighted by molar-refractivity contribution is -0.135. The maximum absolute atomic E-state index is 12.1. The van der Waals surface area contributed by atoms with Crippen LogP contribution in [-0.4, -0.2) is 42.6 Å². The van der Waals surface area contributed by atoms with Gasteiger partial charge in [-0.05, 0) is 49.2 Å². The second-order valence-corrected chi connectivity index (χ2v) is 7.36. The molecule has 0 saturated carbocycles. The molecule has 162 valence electrons. The molecule has 3 rings (SSSR count). The minimum atomic E-state index is -0.592. The highest BCUT2D eigenvalue weighted by Gasteiger charge is 2.18. The number of nitrogens with zero attached hydrogens (tertiary/aromatic N) is 2. The summed E-state index contributed by atoms with van der Waals surface area (Å²) < 4.78 is 11.6. The van der Waals surface area contributed by atoms with Gasteiger partial charge in [-0.1, -0.05) is 36.4 Å². The second kappa shape index (κ2) is 10.5. The van der Waals surface area contributed by atoms with Gasteiger partial charge in [0, 0.05) is 32.4 Å². The monoisotopic (exact) mass is 419 g/mol. The summed E-state index contributed by atoms with van der Waals surface area (Å²) in [5.74, 6) is 1.87. The zero-order valence-electron chi connectivity index (χ0n) is 18.5. The van der Waals surface area contributed by atoms with Crippen LogP contribution in [0.4, 0.5) is 5.82 Å². The van der Waals surface area contributed by atoms with Crippen molar-refractivity contribution < 1.29 is 14.3 Å². The quantitative estimate of drug-likeness (QED) is 0.549. The van der Waals surface area contributed by atoms with Crippen LogP contribution in [0.15, 0.2) is 66.9 Å². The van der Waals surface area contributed by atoms with Crippen LogP contribution in [0.2, 0.25) is 0 Å². The van der Waals surface area contributed by atoms with E-state index in [0.29, 0.717) is 24.7 Å². The van der Waals surface area contributed by atoms with Gasteiger partial charge in [0.1, 0.15) is 5.82 Å². The van der Waals surface area contributed by atoms with Gasteiger partial charge in [-0.3, -0.25) is 4.79 Å². The number of hydrogen-bond acceptors (Lipinski definition) is 5. The third-order valence-corrected chi connectivity index (χ3v) is 4.74. The van der Waals surface area contributed by atoms with Crippen molar-refractivity contribution in [3.05, 3.63) is 72.4 Å². The van der Waals surface area contributed by atoms with Gasteiger partial charge in [-0.2, -0.15) is 0 Å². The highest BCUT2D eigenvalue weighted by molar-refractivity contribution is 5.80. The maximum Gasteiger partial charge on any atom is 0.262 e. The van der Waals surface area contributed by atoms with Gasteiger partial charge in [0.05, 0.1) is 6.61 Å². The molecule has 0 bridgehead atoms. The molecule has 0 aliphatic heterocycles. The number of carbonyl (C=O) groups is 1. The summed E-state index contributed by atoms with van der Waals surface area (Å²) >= 11 is 0. The molecule has 3 aromatic rings. The van der Waals surface area contributed by atoms with Gasteiger partial charge < -0.3 is 19.7 Å². The van der Waals surface area contributed by atoms with Crippen molar-refractivity contribution in [3.8, 4) is 22.6 Å². The van der Waals surface area contributed by atoms with Gasteiger partial charge in [0.2, 0.25) is 0 Å². The molecule has 1 unspecified atom stereocenters. The van der Waals surface area contributed by atoms with Gasteiger partial charge in [-0.25, -0.2) is 4.98 Å². The van der Waals surface area contributed by atoms with Crippen LogP contribution in [0.3, 0.4) is 0 Å². The zero-order valence-corrected chi connectivity index (χ0v) is 18.5. The molecule has 0 radical (unpaired) electrons. The first-order valence-corrected chi connectivity index (χ1v) is 10.4. The van der Waals surface area contributed by atoms with Crippen LogP contribution in [-0.2, 0) is 11.3 Å². The normalized spacial score (nSPS) is 11.5. The summed E-state index contributed by atoms with van der Waals surface area (Å²) in [6.45, 7) is 4.75. The minimum absolute atomic E-state index is 0.0989. The number of aromatic nitrogens is 1. The van der Waals surface area contributed by atoms with Crippen LogP contribution in [0.1, 0.15) is 19.4 Å². The fraction of sp³-hybridized carbons (Fsp3) is 0.280. The number of anilines is 1. The second-order valence-electron chi connectivity index (χ2n) is 7.36. The first-order chi connectivity index (χ1) is 15.0. The lowest BCUT2D eigenvalue weighted by Crippen LogP contribution is -2.35. The molecule has 0 aliphatic rings. The number of amides is 1. The standard InChI is InChI=1S/C25H29N3O3/c1-5-30-23-15-19(11-13-22(23)31-18(2)25(29)28(3)4)16-26-24-14-12-21(17-27-24)20-9-7-6-8-10-20/h6-15,17-18H,5,16H2,1-4H3,(H,26,27). The molecule has 0 aliphatic carbocycles. The minimum Gasteiger partial charge on any atom is -0.490 e. The van der Waals surface area contributed by atoms with E-state index in [2.05, 4.69) is 28.5 Å². The number of rotatable bonds is 9. The van der Waals surface area contributed by atoms with Crippen molar-refractivity contribution in [2.45, 2.75) is 26.5 Å². The largest absolute Gasteiger partial charge is 0.490 e. The van der Waals surface area contributed by atoms with Crippen LogP contribution in [0, 0.1) is 0 Å². The Morgan fingerprint density at radius 2 is 1.81 bits per heavy atom. The van der Waals surface area contributed by atoms with Crippen molar-refractivity contribution in [2.24, 2.45) is 0 Å². The Hall–Kier alpha value is -3.54. The lowest BCUT2D eigenvalue weighted by Gasteiger charge is -2.20. The molecule has 0 saturated heterocycles. The number of carbonyl (C=O) groups excluding carboxylic acids is 1. The average molecular weight is 420 g/mol. The zero-order chi connectivity index (χ0) is 22.2. The maximum atomic E-state index is 12.1. The highest BCUT2D eigenvalue weighted by atomic mass is 16.5. The Bertz CT molecular complexity index is 989. The molecule has 0 fully saturated rings. The van der Waals surface area contributed by atoms with Crippen molar-refractivity contribution in [3.63, 3.8) is 0 Å². The van der Waals surface area contributed by atoms with Gasteiger partial charge in [-0.15, -0.1) is 0 Å². The molecule has 6 nitrogen and oxygen atoms in total. The number of benzene rings is 2. The number of hydrogen-bond donors (Lipinski definition) is 1. The SMILES string of the molecule is CCOc1cc(CNc2ccc(-c3ccccc3)cn2)ccc1OC(C)C(=O)N(C)C. The number of pyridine rings is 1. The molecule has 1 aromatic heterocycles. The molecule has 1 N–H and O–H groups in total. The fourth-order valence-corrected chi connectivity index (χ4v) is 3.12. The van der Waals surface area contributed by atoms with Gasteiger partial charge in [0.25, 0.3) is 5.91 Å². The number of ether oxygens (including phenoxy) is 2. The summed E-state index contributed by atoms with van der Waals surface area (Å²) in [5.41, 5.74) is 3.24.